The number of aromatic nitrogens is 3. The summed E-state index contributed by atoms with van der Waals surface area (Å²) in [5, 5.41) is 7.07. The fourth-order valence-corrected chi connectivity index (χ4v) is 4.90. The smallest absolute Gasteiger partial charge is 0.350 e. The molecule has 0 radical (unpaired) electrons. The van der Waals surface area contributed by atoms with Crippen LogP contribution in [0, 0.1) is 18.7 Å². The van der Waals surface area contributed by atoms with Gasteiger partial charge in [0.15, 0.2) is 5.82 Å². The van der Waals surface area contributed by atoms with E-state index in [1.54, 1.807) is 25.1 Å². The first-order valence-corrected chi connectivity index (χ1v) is 12.7. The summed E-state index contributed by atoms with van der Waals surface area (Å²) >= 11 is 0. The highest BCUT2D eigenvalue weighted by atomic mass is 19.1. The first-order valence-electron chi connectivity index (χ1n) is 12.7. The van der Waals surface area contributed by atoms with Gasteiger partial charge in [0.25, 0.3) is 5.91 Å². The number of carbonyl (C=O) groups excluding carboxylic acids is 1. The Balaban J connectivity index is 1.76. The van der Waals surface area contributed by atoms with Gasteiger partial charge in [0.1, 0.15) is 17.3 Å². The second kappa shape index (κ2) is 10.8. The molecule has 1 aliphatic carbocycles. The number of ether oxygens (including phenoxy) is 1. The lowest BCUT2D eigenvalue weighted by Crippen LogP contribution is -2.28. The van der Waals surface area contributed by atoms with Crippen LogP contribution < -0.4 is 27.2 Å². The number of halogens is 1. The fourth-order valence-electron chi connectivity index (χ4n) is 4.90. The van der Waals surface area contributed by atoms with Crippen molar-refractivity contribution in [3.63, 3.8) is 0 Å². The zero-order valence-electron chi connectivity index (χ0n) is 21.8. The number of carbonyl (C=O) groups is 1. The molecule has 10 heteroatoms. The van der Waals surface area contributed by atoms with Gasteiger partial charge in [0.05, 0.1) is 17.7 Å². The molecular formula is C27H35FN6O3. The Morgan fingerprint density at radius 1 is 1.19 bits per heavy atom. The predicted octanol–water partition coefficient (Wildman–Crippen LogP) is 4.22. The zero-order valence-corrected chi connectivity index (χ0v) is 21.8. The molecule has 9 nitrogen and oxygen atoms in total. The van der Waals surface area contributed by atoms with Crippen molar-refractivity contribution in [2.45, 2.75) is 65.0 Å². The van der Waals surface area contributed by atoms with E-state index in [2.05, 4.69) is 10.4 Å². The molecule has 1 aromatic heterocycles. The standard InChI is InChI=1S/C27H35FN6O3/c1-15-12-19(30)10-11-22(15)31-26(35)20-13-21(28)23(34-27(36)33(4)25(32-34)16(2)29)14-24(20)37-17(3)18-8-6-5-7-9-18/h10-14,16-18H,5-9,29-30H2,1-4H3,(H,31,35)/t16-,17?/m1/s1. The third-order valence-electron chi connectivity index (χ3n) is 7.07. The summed E-state index contributed by atoms with van der Waals surface area (Å²) in [7, 11) is 1.53. The van der Waals surface area contributed by atoms with Crippen molar-refractivity contribution in [3.05, 3.63) is 63.6 Å². The van der Waals surface area contributed by atoms with Gasteiger partial charge in [-0.1, -0.05) is 19.3 Å². The number of hydrogen-bond donors (Lipinski definition) is 3. The topological polar surface area (TPSA) is 130 Å². The molecule has 0 bridgehead atoms. The van der Waals surface area contributed by atoms with Gasteiger partial charge in [0.2, 0.25) is 0 Å². The zero-order chi connectivity index (χ0) is 26.9. The van der Waals surface area contributed by atoms with Crippen LogP contribution in [0.3, 0.4) is 0 Å². The molecule has 37 heavy (non-hydrogen) atoms. The molecule has 1 unspecified atom stereocenters. The van der Waals surface area contributed by atoms with E-state index in [0.29, 0.717) is 23.1 Å². The number of anilines is 2. The quantitative estimate of drug-likeness (QED) is 0.408. The average molecular weight is 511 g/mol. The number of aryl methyl sites for hydroxylation is 1. The summed E-state index contributed by atoms with van der Waals surface area (Å²) in [5.74, 6) is -0.509. The normalized spacial score (nSPS) is 15.8. The molecule has 2 atom stereocenters. The van der Waals surface area contributed by atoms with Crippen molar-refractivity contribution in [1.82, 2.24) is 14.3 Å². The third kappa shape index (κ3) is 5.53. The molecule has 1 fully saturated rings. The fraction of sp³-hybridized carbons (Fsp3) is 0.444. The number of hydrogen-bond acceptors (Lipinski definition) is 6. The van der Waals surface area contributed by atoms with Crippen LogP contribution in [0.15, 0.2) is 35.1 Å². The van der Waals surface area contributed by atoms with Crippen LogP contribution in [0.4, 0.5) is 15.8 Å². The number of nitrogens with two attached hydrogens (primary N) is 2. The largest absolute Gasteiger partial charge is 0.490 e. The van der Waals surface area contributed by atoms with Gasteiger partial charge in [-0.15, -0.1) is 5.10 Å². The Morgan fingerprint density at radius 3 is 2.51 bits per heavy atom. The van der Waals surface area contributed by atoms with Gasteiger partial charge < -0.3 is 21.5 Å². The Morgan fingerprint density at radius 2 is 1.89 bits per heavy atom. The lowest BCUT2D eigenvalue weighted by Gasteiger charge is -2.29. The van der Waals surface area contributed by atoms with E-state index in [9.17, 15) is 9.59 Å². The predicted molar refractivity (Wildman–Crippen MR) is 142 cm³/mol. The van der Waals surface area contributed by atoms with Crippen molar-refractivity contribution in [1.29, 1.82) is 0 Å². The molecule has 0 aliphatic heterocycles. The van der Waals surface area contributed by atoms with Crippen LogP contribution in [-0.4, -0.2) is 26.4 Å². The summed E-state index contributed by atoms with van der Waals surface area (Å²) in [5.41, 5.74) is 13.0. The maximum absolute atomic E-state index is 15.5. The Bertz CT molecular complexity index is 1360. The van der Waals surface area contributed by atoms with Gasteiger partial charge in [-0.3, -0.25) is 9.36 Å². The number of rotatable bonds is 7. The molecule has 0 saturated heterocycles. The average Bonchev–Trinajstić information content (AvgIpc) is 3.16. The molecule has 1 aliphatic rings. The van der Waals surface area contributed by atoms with Gasteiger partial charge in [-0.25, -0.2) is 9.18 Å². The van der Waals surface area contributed by atoms with E-state index >= 15 is 4.39 Å². The van der Waals surface area contributed by atoms with Crippen LogP contribution in [0.1, 0.15) is 73.7 Å². The lowest BCUT2D eigenvalue weighted by atomic mass is 9.86. The molecule has 2 aromatic carbocycles. The maximum atomic E-state index is 15.5. The third-order valence-corrected chi connectivity index (χ3v) is 7.07. The van der Waals surface area contributed by atoms with Crippen molar-refractivity contribution in [3.8, 4) is 11.4 Å². The monoisotopic (exact) mass is 510 g/mol. The number of nitrogen functional groups attached to an aromatic ring is 1. The number of nitrogens with zero attached hydrogens (tertiary/aromatic N) is 3. The van der Waals surface area contributed by atoms with Crippen LogP contribution in [0.5, 0.6) is 5.75 Å². The first-order chi connectivity index (χ1) is 17.6. The number of benzene rings is 2. The van der Waals surface area contributed by atoms with E-state index in [4.69, 9.17) is 16.2 Å². The van der Waals surface area contributed by atoms with Crippen molar-refractivity contribution >= 4 is 17.3 Å². The molecule has 0 spiro atoms. The van der Waals surface area contributed by atoms with E-state index in [0.717, 1.165) is 42.0 Å². The van der Waals surface area contributed by atoms with Crippen LogP contribution in [-0.2, 0) is 7.05 Å². The Kier molecular flexibility index (Phi) is 7.68. The summed E-state index contributed by atoms with van der Waals surface area (Å²) in [4.78, 5) is 26.2. The highest BCUT2D eigenvalue weighted by molar-refractivity contribution is 6.06. The second-order valence-corrected chi connectivity index (χ2v) is 9.95. The summed E-state index contributed by atoms with van der Waals surface area (Å²) in [6.07, 6.45) is 5.30. The first kappa shape index (κ1) is 26.4. The molecule has 1 heterocycles. The summed E-state index contributed by atoms with van der Waals surface area (Å²) in [6.45, 7) is 5.48. The second-order valence-electron chi connectivity index (χ2n) is 9.95. The van der Waals surface area contributed by atoms with Gasteiger partial charge >= 0.3 is 5.69 Å². The van der Waals surface area contributed by atoms with E-state index in [1.165, 1.54) is 24.1 Å². The molecule has 1 saturated carbocycles. The van der Waals surface area contributed by atoms with Gasteiger partial charge in [-0.05, 0) is 69.4 Å². The molecular weight excluding hydrogens is 475 g/mol. The SMILES string of the molecule is Cc1cc(N)ccc1NC(=O)c1cc(F)c(-n2nc([C@@H](C)N)n(C)c2=O)cc1OC(C)C1CCCCC1. The number of amides is 1. The maximum Gasteiger partial charge on any atom is 0.350 e. The van der Waals surface area contributed by atoms with Gasteiger partial charge in [-0.2, -0.15) is 4.68 Å². The van der Waals surface area contributed by atoms with Crippen molar-refractivity contribution < 1.29 is 13.9 Å². The molecule has 198 valence electrons. The van der Waals surface area contributed by atoms with Crippen LogP contribution in [0.2, 0.25) is 0 Å². The minimum Gasteiger partial charge on any atom is -0.490 e. The van der Waals surface area contributed by atoms with Gasteiger partial charge in [0, 0.05) is 24.5 Å². The summed E-state index contributed by atoms with van der Waals surface area (Å²) < 4.78 is 24.0. The molecule has 3 aromatic rings. The van der Waals surface area contributed by atoms with Crippen molar-refractivity contribution in [2.75, 3.05) is 11.1 Å². The minimum absolute atomic E-state index is 0.0246. The summed E-state index contributed by atoms with van der Waals surface area (Å²) in [6, 6.07) is 7.05. The molecule has 5 N–H and O–H groups in total. The highest BCUT2D eigenvalue weighted by Gasteiger charge is 2.26. The number of nitrogens with one attached hydrogen (secondary N) is 1. The lowest BCUT2D eigenvalue weighted by molar-refractivity contribution is 0.0997. The van der Waals surface area contributed by atoms with E-state index in [-0.39, 0.29) is 23.1 Å². The Labute approximate surface area is 215 Å². The van der Waals surface area contributed by atoms with E-state index < -0.39 is 23.5 Å². The highest BCUT2D eigenvalue weighted by Crippen LogP contribution is 2.32. The molecule has 4 rings (SSSR count). The minimum atomic E-state index is -0.784. The van der Waals surface area contributed by atoms with Crippen LogP contribution >= 0.6 is 0 Å². The van der Waals surface area contributed by atoms with Crippen molar-refractivity contribution in [2.24, 2.45) is 18.7 Å². The molecule has 1 amide bonds. The Hall–Kier alpha value is -3.66. The van der Waals surface area contributed by atoms with E-state index in [1.807, 2.05) is 13.8 Å². The van der Waals surface area contributed by atoms with Crippen LogP contribution in [0.25, 0.3) is 5.69 Å².